The van der Waals surface area contributed by atoms with Gasteiger partial charge in [-0.2, -0.15) is 46.0 Å². The Morgan fingerprint density at radius 3 is 1.14 bits per heavy atom. The minimum atomic E-state index is -1.17. The van der Waals surface area contributed by atoms with Crippen LogP contribution in [-0.2, 0) is 9.59 Å². The van der Waals surface area contributed by atoms with E-state index in [0.717, 1.165) is 48.7 Å². The summed E-state index contributed by atoms with van der Waals surface area (Å²) in [6.07, 6.45) is 20.3. The fourth-order valence-corrected chi connectivity index (χ4v) is 6.33. The Morgan fingerprint density at radius 2 is 0.857 bits per heavy atom. The van der Waals surface area contributed by atoms with Crippen molar-refractivity contribution in [1.29, 1.82) is 10.5 Å². The van der Waals surface area contributed by atoms with Crippen LogP contribution < -0.4 is 0 Å². The van der Waals surface area contributed by atoms with Crippen LogP contribution in [0.1, 0.15) is 142 Å². The SMILES string of the molecule is CC(C#N)(CCC(=O)SCCCCCCCCCCS)N=NC(C)(C#N)CCC(=O)SCCCCCCCCCCS. The van der Waals surface area contributed by atoms with Crippen molar-refractivity contribution in [2.45, 2.75) is 153 Å². The molecular weight excluding hydrogens is 601 g/mol. The molecule has 0 aliphatic heterocycles. The van der Waals surface area contributed by atoms with Crippen LogP contribution in [0.25, 0.3) is 0 Å². The highest BCUT2D eigenvalue weighted by Gasteiger charge is 2.29. The van der Waals surface area contributed by atoms with E-state index in [-0.39, 0.29) is 35.9 Å². The molecular formula is C32H56N4O2S4. The lowest BCUT2D eigenvalue weighted by Crippen LogP contribution is -2.24. The lowest BCUT2D eigenvalue weighted by atomic mass is 9.98. The van der Waals surface area contributed by atoms with E-state index in [1.165, 1.54) is 101 Å². The van der Waals surface area contributed by atoms with Crippen molar-refractivity contribution < 1.29 is 9.59 Å². The maximum absolute atomic E-state index is 12.4. The molecule has 2 atom stereocenters. The lowest BCUT2D eigenvalue weighted by molar-refractivity contribution is -0.112. The number of hydrogen-bond acceptors (Lipinski definition) is 10. The molecule has 0 N–H and O–H groups in total. The lowest BCUT2D eigenvalue weighted by Gasteiger charge is -2.19. The Bertz CT molecular complexity index is 764. The minimum Gasteiger partial charge on any atom is -0.287 e. The third-order valence-corrected chi connectivity index (χ3v) is 9.91. The molecule has 0 saturated heterocycles. The van der Waals surface area contributed by atoms with Crippen LogP contribution in [0.5, 0.6) is 0 Å². The van der Waals surface area contributed by atoms with Gasteiger partial charge in [0.25, 0.3) is 0 Å². The number of hydrogen-bond donors (Lipinski definition) is 2. The smallest absolute Gasteiger partial charge is 0.189 e. The molecule has 0 heterocycles. The summed E-state index contributed by atoms with van der Waals surface area (Å²) in [4.78, 5) is 24.7. The van der Waals surface area contributed by atoms with Gasteiger partial charge >= 0.3 is 0 Å². The quantitative estimate of drug-likeness (QED) is 0.0493. The van der Waals surface area contributed by atoms with Crippen molar-refractivity contribution >= 4 is 59.0 Å². The molecule has 0 amide bonds. The molecule has 0 saturated carbocycles. The van der Waals surface area contributed by atoms with Crippen molar-refractivity contribution in [2.75, 3.05) is 23.0 Å². The summed E-state index contributed by atoms with van der Waals surface area (Å²) in [5.74, 6) is 3.55. The standard InChI is InChI=1S/C32H56N4O2S4/c1-31(27-33,21-19-29(37)41-25-17-13-9-5-3-7-11-15-23-39)35-36-32(2,28-34)22-20-30(38)42-26-18-14-10-6-4-8-12-16-24-40/h39-40H,3-26H2,1-2H3. The molecule has 0 aromatic rings. The molecule has 42 heavy (non-hydrogen) atoms. The predicted octanol–water partition coefficient (Wildman–Crippen LogP) is 10.2. The average molecular weight is 657 g/mol. The Balaban J connectivity index is 4.22. The van der Waals surface area contributed by atoms with Crippen molar-refractivity contribution in [3.8, 4) is 12.1 Å². The zero-order valence-electron chi connectivity index (χ0n) is 26.3. The number of nitrogens with zero attached hydrogens (tertiary/aromatic N) is 4. The number of unbranched alkanes of at least 4 members (excludes halogenated alkanes) is 14. The Kier molecular flexibility index (Phi) is 27.4. The van der Waals surface area contributed by atoms with E-state index in [2.05, 4.69) is 47.6 Å². The average Bonchev–Trinajstić information content (AvgIpc) is 3.00. The third-order valence-electron chi connectivity index (χ3n) is 7.24. The van der Waals surface area contributed by atoms with E-state index in [1.807, 2.05) is 0 Å². The van der Waals surface area contributed by atoms with E-state index < -0.39 is 11.1 Å². The maximum Gasteiger partial charge on any atom is 0.189 e. The minimum absolute atomic E-state index is 0.0633. The van der Waals surface area contributed by atoms with Gasteiger partial charge in [-0.25, -0.2) is 0 Å². The van der Waals surface area contributed by atoms with Crippen LogP contribution in [0, 0.1) is 22.7 Å². The summed E-state index contributed by atoms with van der Waals surface area (Å²) in [7, 11) is 0. The zero-order chi connectivity index (χ0) is 31.4. The number of carbonyl (C=O) groups is 2. The number of thiol groups is 2. The largest absolute Gasteiger partial charge is 0.287 e. The fourth-order valence-electron chi connectivity index (χ4n) is 4.23. The monoisotopic (exact) mass is 656 g/mol. The first-order valence-electron chi connectivity index (χ1n) is 16.0. The molecule has 0 rings (SSSR count). The van der Waals surface area contributed by atoms with Crippen molar-refractivity contribution in [3.63, 3.8) is 0 Å². The molecule has 0 radical (unpaired) electrons. The van der Waals surface area contributed by atoms with Crippen LogP contribution in [0.3, 0.4) is 0 Å². The zero-order valence-corrected chi connectivity index (χ0v) is 29.7. The summed E-state index contributed by atoms with van der Waals surface area (Å²) < 4.78 is 0. The molecule has 2 unspecified atom stereocenters. The van der Waals surface area contributed by atoms with Crippen molar-refractivity contribution in [2.24, 2.45) is 10.2 Å². The Hall–Kier alpha value is -0.680. The molecule has 0 aliphatic carbocycles. The highest BCUT2D eigenvalue weighted by atomic mass is 32.2. The summed E-state index contributed by atoms with van der Waals surface area (Å²) >= 11 is 11.1. The predicted molar refractivity (Wildman–Crippen MR) is 188 cm³/mol. The van der Waals surface area contributed by atoms with Gasteiger partial charge in [-0.05, 0) is 63.9 Å². The normalized spacial score (nSPS) is 14.2. The molecule has 0 aromatic heterocycles. The molecule has 0 spiro atoms. The number of thioether (sulfide) groups is 2. The van der Waals surface area contributed by atoms with Crippen LogP contribution in [0.2, 0.25) is 0 Å². The van der Waals surface area contributed by atoms with E-state index in [4.69, 9.17) is 0 Å². The number of azo groups is 1. The van der Waals surface area contributed by atoms with Gasteiger partial charge in [0.2, 0.25) is 0 Å². The van der Waals surface area contributed by atoms with Gasteiger partial charge in [0.15, 0.2) is 21.3 Å². The van der Waals surface area contributed by atoms with Crippen molar-refractivity contribution in [1.82, 2.24) is 0 Å². The van der Waals surface area contributed by atoms with E-state index in [9.17, 15) is 20.1 Å². The number of nitriles is 2. The summed E-state index contributed by atoms with van der Waals surface area (Å²) in [6.45, 7) is 3.29. The Morgan fingerprint density at radius 1 is 0.571 bits per heavy atom. The fraction of sp³-hybridized carbons (Fsp3) is 0.875. The first-order valence-corrected chi connectivity index (χ1v) is 19.3. The second-order valence-corrected chi connectivity index (χ2v) is 14.7. The summed E-state index contributed by atoms with van der Waals surface area (Å²) in [5.41, 5.74) is -2.35. The molecule has 10 heteroatoms. The van der Waals surface area contributed by atoms with E-state index >= 15 is 0 Å². The van der Waals surface area contributed by atoms with Gasteiger partial charge in [-0.1, -0.05) is 101 Å². The molecule has 0 fully saturated rings. The summed E-state index contributed by atoms with van der Waals surface area (Å²) in [5, 5.41) is 27.9. The van der Waals surface area contributed by atoms with Crippen LogP contribution >= 0.6 is 48.8 Å². The molecule has 0 aliphatic rings. The number of carbonyl (C=O) groups excluding carboxylic acids is 2. The van der Waals surface area contributed by atoms with Gasteiger partial charge < -0.3 is 0 Å². The first kappa shape index (κ1) is 41.3. The second kappa shape index (κ2) is 27.8. The van der Waals surface area contributed by atoms with Gasteiger partial charge in [0.05, 0.1) is 12.1 Å². The molecule has 240 valence electrons. The van der Waals surface area contributed by atoms with Crippen molar-refractivity contribution in [3.05, 3.63) is 0 Å². The third kappa shape index (κ3) is 24.7. The van der Waals surface area contributed by atoms with Gasteiger partial charge in [0, 0.05) is 24.3 Å². The molecule has 0 aromatic carbocycles. The van der Waals surface area contributed by atoms with Gasteiger partial charge in [0.1, 0.15) is 0 Å². The van der Waals surface area contributed by atoms with E-state index in [1.54, 1.807) is 13.8 Å². The van der Waals surface area contributed by atoms with E-state index in [0.29, 0.717) is 0 Å². The van der Waals surface area contributed by atoms with Crippen LogP contribution in [0.15, 0.2) is 10.2 Å². The van der Waals surface area contributed by atoms with Crippen LogP contribution in [0.4, 0.5) is 0 Å². The highest BCUT2D eigenvalue weighted by Crippen LogP contribution is 2.26. The topological polar surface area (TPSA) is 106 Å². The van der Waals surface area contributed by atoms with Gasteiger partial charge in [-0.3, -0.25) is 9.59 Å². The Labute approximate surface area is 276 Å². The molecule has 6 nitrogen and oxygen atoms in total. The number of rotatable bonds is 28. The second-order valence-electron chi connectivity index (χ2n) is 11.5. The highest BCUT2D eigenvalue weighted by molar-refractivity contribution is 8.13. The van der Waals surface area contributed by atoms with Crippen LogP contribution in [-0.4, -0.2) is 44.3 Å². The maximum atomic E-state index is 12.4. The molecule has 0 bridgehead atoms. The van der Waals surface area contributed by atoms with Gasteiger partial charge in [-0.15, -0.1) is 0 Å². The summed E-state index contributed by atoms with van der Waals surface area (Å²) in [6, 6.07) is 4.31. The first-order chi connectivity index (χ1) is 20.2.